The van der Waals surface area contributed by atoms with Gasteiger partial charge in [0.1, 0.15) is 0 Å². The van der Waals surface area contributed by atoms with Crippen molar-refractivity contribution >= 4 is 11.9 Å². The first-order valence-corrected chi connectivity index (χ1v) is 8.63. The molecule has 2 aromatic rings. The van der Waals surface area contributed by atoms with E-state index in [2.05, 4.69) is 0 Å². The molecule has 0 spiro atoms. The van der Waals surface area contributed by atoms with Crippen molar-refractivity contribution in [2.75, 3.05) is 19.8 Å². The van der Waals surface area contributed by atoms with E-state index in [9.17, 15) is 14.7 Å². The van der Waals surface area contributed by atoms with Crippen molar-refractivity contribution in [3.05, 3.63) is 59.2 Å². The highest BCUT2D eigenvalue weighted by molar-refractivity contribution is 5.95. The Morgan fingerprint density at radius 1 is 1.04 bits per heavy atom. The van der Waals surface area contributed by atoms with Gasteiger partial charge < -0.3 is 19.5 Å². The number of fused-ring (bicyclic) bond motifs is 2. The van der Waals surface area contributed by atoms with Gasteiger partial charge in [0, 0.05) is 25.1 Å². The lowest BCUT2D eigenvalue weighted by atomic mass is 9.89. The summed E-state index contributed by atoms with van der Waals surface area (Å²) >= 11 is 0. The Hall–Kier alpha value is -3.02. The number of amides is 1. The molecule has 2 heterocycles. The fraction of sp³-hybridized carbons (Fsp3) is 0.300. The average Bonchev–Trinajstić information content (AvgIpc) is 2.91. The number of carbonyl (C=O) groups excluding carboxylic acids is 1. The predicted molar refractivity (Wildman–Crippen MR) is 93.6 cm³/mol. The molecule has 4 rings (SSSR count). The topological polar surface area (TPSA) is 76.1 Å². The van der Waals surface area contributed by atoms with Crippen molar-refractivity contribution in [3.8, 4) is 11.5 Å². The summed E-state index contributed by atoms with van der Waals surface area (Å²) in [6.45, 7) is 1.68. The van der Waals surface area contributed by atoms with E-state index in [1.165, 1.54) is 0 Å². The number of ether oxygens (including phenoxy) is 2. The highest BCUT2D eigenvalue weighted by Crippen LogP contribution is 2.33. The number of hydrogen-bond acceptors (Lipinski definition) is 4. The van der Waals surface area contributed by atoms with Crippen molar-refractivity contribution < 1.29 is 24.2 Å². The molecule has 134 valence electrons. The number of rotatable bonds is 2. The summed E-state index contributed by atoms with van der Waals surface area (Å²) in [5.74, 6) is -0.661. The van der Waals surface area contributed by atoms with Crippen LogP contribution in [0.15, 0.2) is 42.5 Å². The van der Waals surface area contributed by atoms with E-state index in [4.69, 9.17) is 9.47 Å². The lowest BCUT2D eigenvalue weighted by Gasteiger charge is -2.33. The van der Waals surface area contributed by atoms with Crippen LogP contribution in [-0.2, 0) is 11.3 Å². The van der Waals surface area contributed by atoms with Crippen molar-refractivity contribution in [1.29, 1.82) is 0 Å². The molecular formula is C20H19NO5. The predicted octanol–water partition coefficient (Wildman–Crippen LogP) is 2.67. The quantitative estimate of drug-likeness (QED) is 0.898. The maximum atomic E-state index is 13.0. The van der Waals surface area contributed by atoms with Gasteiger partial charge >= 0.3 is 5.97 Å². The number of nitrogens with zero attached hydrogens (tertiary/aromatic N) is 1. The molecule has 2 aliphatic heterocycles. The summed E-state index contributed by atoms with van der Waals surface area (Å²) < 4.78 is 11.2. The zero-order valence-corrected chi connectivity index (χ0v) is 14.2. The monoisotopic (exact) mass is 353 g/mol. The second kappa shape index (κ2) is 6.71. The van der Waals surface area contributed by atoms with Crippen LogP contribution in [0.5, 0.6) is 11.5 Å². The molecular weight excluding hydrogens is 334 g/mol. The summed E-state index contributed by atoms with van der Waals surface area (Å²) in [5.41, 5.74) is 2.12. The average molecular weight is 353 g/mol. The van der Waals surface area contributed by atoms with Crippen LogP contribution in [0.2, 0.25) is 0 Å². The Labute approximate surface area is 151 Å². The Kier molecular flexibility index (Phi) is 4.24. The van der Waals surface area contributed by atoms with Gasteiger partial charge in [-0.15, -0.1) is 0 Å². The third kappa shape index (κ3) is 2.98. The van der Waals surface area contributed by atoms with Crippen LogP contribution in [0.3, 0.4) is 0 Å². The van der Waals surface area contributed by atoms with E-state index in [-0.39, 0.29) is 12.5 Å². The van der Waals surface area contributed by atoms with E-state index in [1.807, 2.05) is 24.3 Å². The molecule has 2 aromatic carbocycles. The number of carbonyl (C=O) groups is 2. The molecule has 1 amide bonds. The van der Waals surface area contributed by atoms with Crippen LogP contribution in [0.25, 0.3) is 0 Å². The molecule has 26 heavy (non-hydrogen) atoms. The first-order chi connectivity index (χ1) is 12.6. The second-order valence-electron chi connectivity index (χ2n) is 6.49. The molecule has 6 nitrogen and oxygen atoms in total. The lowest BCUT2D eigenvalue weighted by molar-refractivity contribution is -0.139. The SMILES string of the molecule is O=C(O)C1CN(C(=O)c2ccc3c(c2)OCCCO3)Cc2ccccc21. The van der Waals surface area contributed by atoms with Gasteiger partial charge in [-0.1, -0.05) is 24.3 Å². The highest BCUT2D eigenvalue weighted by atomic mass is 16.5. The van der Waals surface area contributed by atoms with Crippen molar-refractivity contribution in [3.63, 3.8) is 0 Å². The van der Waals surface area contributed by atoms with Crippen LogP contribution in [0, 0.1) is 0 Å². The zero-order valence-electron chi connectivity index (χ0n) is 14.2. The Bertz CT molecular complexity index is 863. The third-order valence-corrected chi connectivity index (χ3v) is 4.77. The van der Waals surface area contributed by atoms with Crippen LogP contribution in [0.1, 0.15) is 33.8 Å². The van der Waals surface area contributed by atoms with Gasteiger partial charge in [0.15, 0.2) is 11.5 Å². The molecule has 0 bridgehead atoms. The standard InChI is InChI=1S/C20H19NO5/c22-19(13-6-7-17-18(10-13)26-9-3-8-25-17)21-11-14-4-1-2-5-15(14)16(12-21)20(23)24/h1-2,4-7,10,16H,3,8-9,11-12H2,(H,23,24). The number of carboxylic acid groups (broad SMARTS) is 1. The molecule has 1 atom stereocenters. The van der Waals surface area contributed by atoms with Crippen molar-refractivity contribution in [2.45, 2.75) is 18.9 Å². The van der Waals surface area contributed by atoms with Gasteiger partial charge in [0.25, 0.3) is 5.91 Å². The molecule has 0 fully saturated rings. The minimum atomic E-state index is -0.923. The van der Waals surface area contributed by atoms with E-state index in [0.29, 0.717) is 36.8 Å². The Balaban J connectivity index is 1.63. The van der Waals surface area contributed by atoms with E-state index >= 15 is 0 Å². The van der Waals surface area contributed by atoms with Gasteiger partial charge in [-0.2, -0.15) is 0 Å². The number of aliphatic carboxylic acids is 1. The summed E-state index contributed by atoms with van der Waals surface area (Å²) in [5, 5.41) is 9.57. The first-order valence-electron chi connectivity index (χ1n) is 8.63. The number of carboxylic acids is 1. The largest absolute Gasteiger partial charge is 0.490 e. The van der Waals surface area contributed by atoms with Crippen molar-refractivity contribution in [1.82, 2.24) is 4.90 Å². The van der Waals surface area contributed by atoms with Gasteiger partial charge in [-0.3, -0.25) is 9.59 Å². The van der Waals surface area contributed by atoms with E-state index in [1.54, 1.807) is 23.1 Å². The van der Waals surface area contributed by atoms with Crippen LogP contribution >= 0.6 is 0 Å². The Morgan fingerprint density at radius 2 is 1.81 bits per heavy atom. The van der Waals surface area contributed by atoms with Crippen molar-refractivity contribution in [2.24, 2.45) is 0 Å². The molecule has 0 aromatic heterocycles. The summed E-state index contributed by atoms with van der Waals surface area (Å²) in [6, 6.07) is 12.5. The highest BCUT2D eigenvalue weighted by Gasteiger charge is 2.33. The van der Waals surface area contributed by atoms with Crippen LogP contribution < -0.4 is 9.47 Å². The fourth-order valence-electron chi connectivity index (χ4n) is 3.45. The summed E-state index contributed by atoms with van der Waals surface area (Å²) in [4.78, 5) is 26.2. The van der Waals surface area contributed by atoms with Crippen LogP contribution in [-0.4, -0.2) is 41.6 Å². The first kappa shape index (κ1) is 16.4. The van der Waals surface area contributed by atoms with Gasteiger partial charge in [0.05, 0.1) is 19.1 Å². The minimum absolute atomic E-state index is 0.152. The van der Waals surface area contributed by atoms with Gasteiger partial charge in [0.2, 0.25) is 0 Å². The maximum absolute atomic E-state index is 13.0. The van der Waals surface area contributed by atoms with Crippen LogP contribution in [0.4, 0.5) is 0 Å². The Morgan fingerprint density at radius 3 is 2.62 bits per heavy atom. The lowest BCUT2D eigenvalue weighted by Crippen LogP contribution is -2.40. The summed E-state index contributed by atoms with van der Waals surface area (Å²) in [6.07, 6.45) is 0.793. The molecule has 6 heteroatoms. The number of benzene rings is 2. The zero-order chi connectivity index (χ0) is 18.1. The molecule has 2 aliphatic rings. The molecule has 0 saturated heterocycles. The number of hydrogen-bond donors (Lipinski definition) is 1. The normalized spacial score (nSPS) is 18.6. The molecule has 1 unspecified atom stereocenters. The molecule has 0 radical (unpaired) electrons. The van der Waals surface area contributed by atoms with Gasteiger partial charge in [-0.05, 0) is 29.3 Å². The second-order valence-corrected chi connectivity index (χ2v) is 6.49. The van der Waals surface area contributed by atoms with E-state index < -0.39 is 11.9 Å². The minimum Gasteiger partial charge on any atom is -0.490 e. The molecule has 1 N–H and O–H groups in total. The van der Waals surface area contributed by atoms with Gasteiger partial charge in [-0.25, -0.2) is 0 Å². The van der Waals surface area contributed by atoms with E-state index in [0.717, 1.165) is 17.5 Å². The fourth-order valence-corrected chi connectivity index (χ4v) is 3.45. The molecule has 0 saturated carbocycles. The maximum Gasteiger partial charge on any atom is 0.312 e. The third-order valence-electron chi connectivity index (χ3n) is 4.77. The molecule has 0 aliphatic carbocycles. The summed E-state index contributed by atoms with van der Waals surface area (Å²) in [7, 11) is 0. The smallest absolute Gasteiger partial charge is 0.312 e.